The van der Waals surface area contributed by atoms with E-state index < -0.39 is 4.92 Å². The first-order valence-corrected chi connectivity index (χ1v) is 7.09. The average molecular weight is 323 g/mol. The Morgan fingerprint density at radius 3 is 2.58 bits per heavy atom. The Morgan fingerprint density at radius 1 is 1.17 bits per heavy atom. The molecule has 1 aromatic heterocycles. The van der Waals surface area contributed by atoms with Gasteiger partial charge >= 0.3 is 0 Å². The number of rotatable bonds is 5. The zero-order chi connectivity index (χ0) is 16.9. The summed E-state index contributed by atoms with van der Waals surface area (Å²) in [6.07, 6.45) is 3.00. The smallest absolute Gasteiger partial charge is 0.269 e. The summed E-state index contributed by atoms with van der Waals surface area (Å²) in [5.74, 6) is -0.292. The lowest BCUT2D eigenvalue weighted by molar-refractivity contribution is -0.384. The molecule has 0 spiro atoms. The second-order valence-corrected chi connectivity index (χ2v) is 5.01. The van der Waals surface area contributed by atoms with Crippen molar-refractivity contribution < 1.29 is 9.72 Å². The fourth-order valence-electron chi connectivity index (χ4n) is 2.23. The largest absolute Gasteiger partial charge is 0.322 e. The van der Waals surface area contributed by atoms with E-state index in [0.717, 1.165) is 5.56 Å². The van der Waals surface area contributed by atoms with Crippen LogP contribution < -0.4 is 5.32 Å². The summed E-state index contributed by atoms with van der Waals surface area (Å²) in [5, 5.41) is 17.4. The predicted octanol–water partition coefficient (Wildman–Crippen LogP) is 2.49. The lowest BCUT2D eigenvalue weighted by Gasteiger charge is -2.10. The predicted molar refractivity (Wildman–Crippen MR) is 86.6 cm³/mol. The molecule has 0 atom stereocenters. The van der Waals surface area contributed by atoms with Crippen LogP contribution in [0.2, 0.25) is 0 Å². The number of anilines is 1. The first-order chi connectivity index (χ1) is 11.6. The van der Waals surface area contributed by atoms with Gasteiger partial charge in [-0.15, -0.1) is 0 Å². The number of nitrogens with zero attached hydrogens (tertiary/aromatic N) is 4. The summed E-state index contributed by atoms with van der Waals surface area (Å²) in [5.41, 5.74) is 1.76. The molecular formula is C16H13N5O3. The van der Waals surface area contributed by atoms with Gasteiger partial charge < -0.3 is 5.32 Å². The van der Waals surface area contributed by atoms with Gasteiger partial charge in [-0.05, 0) is 23.8 Å². The van der Waals surface area contributed by atoms with Gasteiger partial charge in [-0.3, -0.25) is 14.9 Å². The number of carbonyl (C=O) groups is 1. The highest BCUT2D eigenvalue weighted by Crippen LogP contribution is 2.17. The second-order valence-electron chi connectivity index (χ2n) is 5.01. The molecule has 0 aliphatic heterocycles. The number of carbonyl (C=O) groups excluding carboxylic acids is 1. The summed E-state index contributed by atoms with van der Waals surface area (Å²) >= 11 is 0. The highest BCUT2D eigenvalue weighted by molar-refractivity contribution is 6.05. The zero-order valence-electron chi connectivity index (χ0n) is 12.5. The average Bonchev–Trinajstić information content (AvgIpc) is 3.09. The third kappa shape index (κ3) is 3.43. The van der Waals surface area contributed by atoms with Crippen molar-refractivity contribution in [3.05, 3.63) is 82.4 Å². The van der Waals surface area contributed by atoms with Crippen molar-refractivity contribution in [2.24, 2.45) is 0 Å². The molecule has 0 saturated carbocycles. The summed E-state index contributed by atoms with van der Waals surface area (Å²) in [7, 11) is 0. The quantitative estimate of drug-likeness (QED) is 0.574. The molecule has 3 rings (SSSR count). The lowest BCUT2D eigenvalue weighted by Crippen LogP contribution is -2.15. The molecule has 3 aromatic rings. The molecule has 0 bridgehead atoms. The molecule has 0 saturated heterocycles. The molecule has 2 aromatic carbocycles. The molecule has 0 aliphatic rings. The second kappa shape index (κ2) is 6.69. The third-order valence-electron chi connectivity index (χ3n) is 3.40. The standard InChI is InChI=1S/C16H13N5O3/c22-16(19-13-5-7-14(8-6-13)21(23)24)15-4-2-1-3-12(15)9-20-11-17-10-18-20/h1-8,10-11H,9H2,(H,19,22). The van der Waals surface area contributed by atoms with Gasteiger partial charge in [0.15, 0.2) is 0 Å². The molecule has 0 radical (unpaired) electrons. The van der Waals surface area contributed by atoms with E-state index in [9.17, 15) is 14.9 Å². The molecule has 8 heteroatoms. The fraction of sp³-hybridized carbons (Fsp3) is 0.0625. The van der Waals surface area contributed by atoms with Crippen LogP contribution in [0.5, 0.6) is 0 Å². The maximum absolute atomic E-state index is 12.5. The molecule has 0 fully saturated rings. The van der Waals surface area contributed by atoms with Crippen LogP contribution >= 0.6 is 0 Å². The van der Waals surface area contributed by atoms with Crippen molar-refractivity contribution >= 4 is 17.3 Å². The first-order valence-electron chi connectivity index (χ1n) is 7.09. The van der Waals surface area contributed by atoms with Gasteiger partial charge in [0.05, 0.1) is 11.5 Å². The summed E-state index contributed by atoms with van der Waals surface area (Å²) in [6.45, 7) is 0.420. The van der Waals surface area contributed by atoms with Crippen LogP contribution in [0.4, 0.5) is 11.4 Å². The van der Waals surface area contributed by atoms with Gasteiger partial charge in [-0.25, -0.2) is 9.67 Å². The minimum atomic E-state index is -0.487. The van der Waals surface area contributed by atoms with Crippen molar-refractivity contribution in [1.29, 1.82) is 0 Å². The van der Waals surface area contributed by atoms with Gasteiger partial charge in [-0.2, -0.15) is 5.10 Å². The zero-order valence-corrected chi connectivity index (χ0v) is 12.5. The van der Waals surface area contributed by atoms with Crippen molar-refractivity contribution in [2.75, 3.05) is 5.32 Å². The van der Waals surface area contributed by atoms with Crippen LogP contribution in [0.1, 0.15) is 15.9 Å². The normalized spacial score (nSPS) is 10.3. The molecule has 0 unspecified atom stereocenters. The highest BCUT2D eigenvalue weighted by atomic mass is 16.6. The topological polar surface area (TPSA) is 103 Å². The van der Waals surface area contributed by atoms with Gasteiger partial charge in [0, 0.05) is 23.4 Å². The summed E-state index contributed by atoms with van der Waals surface area (Å²) in [4.78, 5) is 26.5. The third-order valence-corrected chi connectivity index (χ3v) is 3.40. The Morgan fingerprint density at radius 2 is 1.92 bits per heavy atom. The molecule has 0 aliphatic carbocycles. The van der Waals surface area contributed by atoms with Crippen LogP contribution in [0.15, 0.2) is 61.2 Å². The van der Waals surface area contributed by atoms with E-state index in [4.69, 9.17) is 0 Å². The van der Waals surface area contributed by atoms with Crippen LogP contribution in [0, 0.1) is 10.1 Å². The SMILES string of the molecule is O=C(Nc1ccc([N+](=O)[O-])cc1)c1ccccc1Cn1cncn1. The van der Waals surface area contributed by atoms with Crippen molar-refractivity contribution in [3.63, 3.8) is 0 Å². The van der Waals surface area contributed by atoms with Crippen LogP contribution in [0.25, 0.3) is 0 Å². The van der Waals surface area contributed by atoms with E-state index in [0.29, 0.717) is 17.8 Å². The van der Waals surface area contributed by atoms with Gasteiger partial charge in [0.25, 0.3) is 11.6 Å². The molecular weight excluding hydrogens is 310 g/mol. The molecule has 24 heavy (non-hydrogen) atoms. The number of nitro groups is 1. The van der Waals surface area contributed by atoms with Crippen LogP contribution in [0.3, 0.4) is 0 Å². The maximum Gasteiger partial charge on any atom is 0.269 e. The molecule has 1 heterocycles. The van der Waals surface area contributed by atoms with Crippen molar-refractivity contribution in [2.45, 2.75) is 6.54 Å². The number of amides is 1. The Hall–Kier alpha value is -3.55. The minimum absolute atomic E-state index is 0.0282. The number of nitrogens with one attached hydrogen (secondary N) is 1. The monoisotopic (exact) mass is 323 g/mol. The van der Waals surface area contributed by atoms with E-state index in [1.165, 1.54) is 30.6 Å². The van der Waals surface area contributed by atoms with E-state index in [1.54, 1.807) is 23.1 Å². The Labute approximate surface area is 136 Å². The molecule has 1 N–H and O–H groups in total. The van der Waals surface area contributed by atoms with E-state index in [1.807, 2.05) is 12.1 Å². The van der Waals surface area contributed by atoms with E-state index in [-0.39, 0.29) is 11.6 Å². The first kappa shape index (κ1) is 15.3. The lowest BCUT2D eigenvalue weighted by atomic mass is 10.1. The van der Waals surface area contributed by atoms with Gasteiger partial charge in [0.2, 0.25) is 0 Å². The Balaban J connectivity index is 1.78. The number of non-ortho nitro benzene ring substituents is 1. The van der Waals surface area contributed by atoms with Gasteiger partial charge in [-0.1, -0.05) is 18.2 Å². The van der Waals surface area contributed by atoms with Crippen molar-refractivity contribution in [3.8, 4) is 0 Å². The van der Waals surface area contributed by atoms with Crippen molar-refractivity contribution in [1.82, 2.24) is 14.8 Å². The Bertz CT molecular complexity index is 860. The van der Waals surface area contributed by atoms with Crippen LogP contribution in [-0.4, -0.2) is 25.6 Å². The number of hydrogen-bond donors (Lipinski definition) is 1. The maximum atomic E-state index is 12.5. The van der Waals surface area contributed by atoms with E-state index >= 15 is 0 Å². The van der Waals surface area contributed by atoms with E-state index in [2.05, 4.69) is 15.4 Å². The number of aromatic nitrogens is 3. The fourth-order valence-corrected chi connectivity index (χ4v) is 2.23. The van der Waals surface area contributed by atoms with Crippen LogP contribution in [-0.2, 0) is 6.54 Å². The number of hydrogen-bond acceptors (Lipinski definition) is 5. The molecule has 8 nitrogen and oxygen atoms in total. The van der Waals surface area contributed by atoms with Gasteiger partial charge in [0.1, 0.15) is 12.7 Å². The Kier molecular flexibility index (Phi) is 4.28. The minimum Gasteiger partial charge on any atom is -0.322 e. The molecule has 1 amide bonds. The number of benzene rings is 2. The molecule has 120 valence electrons. The summed E-state index contributed by atoms with van der Waals surface area (Å²) in [6, 6.07) is 12.9. The number of nitro benzene ring substituents is 1. The highest BCUT2D eigenvalue weighted by Gasteiger charge is 2.12. The summed E-state index contributed by atoms with van der Waals surface area (Å²) < 4.78 is 1.62.